The van der Waals surface area contributed by atoms with Crippen molar-refractivity contribution in [2.45, 2.75) is 13.3 Å². The lowest BCUT2D eigenvalue weighted by molar-refractivity contribution is 1.25. The summed E-state index contributed by atoms with van der Waals surface area (Å²) in [5.74, 6) is 0. The molecule has 1 heterocycles. The Morgan fingerprint density at radius 3 is 2.64 bits per heavy atom. The molecule has 1 radical (unpaired) electrons. The Bertz CT molecular complexity index is 417. The summed E-state index contributed by atoms with van der Waals surface area (Å²) in [5.41, 5.74) is 2.29. The average molecular weight is 202 g/mol. The summed E-state index contributed by atoms with van der Waals surface area (Å²) in [6.45, 7) is 5.96. The highest BCUT2D eigenvalue weighted by Crippen LogP contribution is 2.27. The van der Waals surface area contributed by atoms with E-state index < -0.39 is 0 Å². The molecule has 0 spiro atoms. The van der Waals surface area contributed by atoms with Crippen LogP contribution in [0.1, 0.15) is 9.88 Å². The van der Waals surface area contributed by atoms with E-state index in [0.29, 0.717) is 0 Å². The maximum absolute atomic E-state index is 4.53. The third-order valence-electron chi connectivity index (χ3n) is 2.08. The quantitative estimate of drug-likeness (QED) is 0.726. The first-order valence-electron chi connectivity index (χ1n) is 4.62. The van der Waals surface area contributed by atoms with Crippen LogP contribution in [0.2, 0.25) is 0 Å². The molecule has 0 saturated carbocycles. The smallest absolute Gasteiger partial charge is 0.0904 e. The van der Waals surface area contributed by atoms with E-state index >= 15 is 0 Å². The van der Waals surface area contributed by atoms with Gasteiger partial charge < -0.3 is 0 Å². The van der Waals surface area contributed by atoms with Crippen LogP contribution >= 0.6 is 11.3 Å². The molecular weight excluding hydrogens is 190 g/mol. The third kappa shape index (κ3) is 1.70. The zero-order valence-corrected chi connectivity index (χ0v) is 8.97. The Kier molecular flexibility index (Phi) is 2.64. The molecule has 0 aliphatic heterocycles. The van der Waals surface area contributed by atoms with Crippen LogP contribution in [-0.4, -0.2) is 4.98 Å². The van der Waals surface area contributed by atoms with E-state index in [1.54, 1.807) is 11.3 Å². The van der Waals surface area contributed by atoms with Crippen LogP contribution in [0, 0.1) is 13.8 Å². The monoisotopic (exact) mass is 202 g/mol. The van der Waals surface area contributed by atoms with Crippen molar-refractivity contribution in [1.82, 2.24) is 4.98 Å². The van der Waals surface area contributed by atoms with Gasteiger partial charge in [0.05, 0.1) is 10.7 Å². The fourth-order valence-corrected chi connectivity index (χ4v) is 2.32. The Balaban J connectivity index is 2.51. The first kappa shape index (κ1) is 9.41. The number of benzene rings is 1. The van der Waals surface area contributed by atoms with E-state index in [1.807, 2.05) is 25.1 Å². The van der Waals surface area contributed by atoms with Crippen LogP contribution in [0.5, 0.6) is 0 Å². The second-order valence-electron chi connectivity index (χ2n) is 3.12. The van der Waals surface area contributed by atoms with Crippen molar-refractivity contribution < 1.29 is 0 Å². The fraction of sp³-hybridized carbons (Fsp3) is 0.167. The van der Waals surface area contributed by atoms with Crippen LogP contribution in [0.3, 0.4) is 0 Å². The largest absolute Gasteiger partial charge is 0.241 e. The van der Waals surface area contributed by atoms with Gasteiger partial charge in [0.25, 0.3) is 0 Å². The maximum Gasteiger partial charge on any atom is 0.0904 e. The predicted molar refractivity (Wildman–Crippen MR) is 61.3 cm³/mol. The molecule has 0 unspecified atom stereocenters. The second-order valence-corrected chi connectivity index (χ2v) is 4.41. The molecule has 0 fully saturated rings. The van der Waals surface area contributed by atoms with Gasteiger partial charge in [-0.3, -0.25) is 0 Å². The molecule has 0 N–H and O–H groups in total. The number of hydrogen-bond acceptors (Lipinski definition) is 2. The van der Waals surface area contributed by atoms with E-state index in [9.17, 15) is 0 Å². The van der Waals surface area contributed by atoms with E-state index in [1.165, 1.54) is 10.4 Å². The minimum absolute atomic E-state index is 0.815. The zero-order valence-electron chi connectivity index (χ0n) is 8.16. The highest BCUT2D eigenvalue weighted by atomic mass is 32.1. The number of aromatic nitrogens is 1. The molecule has 71 valence electrons. The minimum Gasteiger partial charge on any atom is -0.241 e. The summed E-state index contributed by atoms with van der Waals surface area (Å²) >= 11 is 1.74. The lowest BCUT2D eigenvalue weighted by atomic mass is 10.1. The minimum atomic E-state index is 0.815. The lowest BCUT2D eigenvalue weighted by Gasteiger charge is -1.98. The Morgan fingerprint density at radius 2 is 2.00 bits per heavy atom. The Hall–Kier alpha value is -1.15. The van der Waals surface area contributed by atoms with E-state index in [4.69, 9.17) is 0 Å². The number of thiazole rings is 1. The zero-order chi connectivity index (χ0) is 9.97. The Morgan fingerprint density at radius 1 is 1.29 bits per heavy atom. The molecular formula is C12H12NS. The van der Waals surface area contributed by atoms with Crippen molar-refractivity contribution in [2.24, 2.45) is 0 Å². The summed E-state index contributed by atoms with van der Waals surface area (Å²) in [7, 11) is 0. The van der Waals surface area contributed by atoms with Gasteiger partial charge in [-0.25, -0.2) is 4.98 Å². The number of hydrogen-bond donors (Lipinski definition) is 0. The van der Waals surface area contributed by atoms with E-state index in [-0.39, 0.29) is 0 Å². The van der Waals surface area contributed by atoms with Gasteiger partial charge in [0.1, 0.15) is 0 Å². The molecule has 1 nitrogen and oxygen atoms in total. The molecule has 2 rings (SSSR count). The second kappa shape index (κ2) is 3.93. The topological polar surface area (TPSA) is 12.9 Å². The molecule has 0 amide bonds. The van der Waals surface area contributed by atoms with Crippen LogP contribution in [0.25, 0.3) is 11.3 Å². The van der Waals surface area contributed by atoms with Gasteiger partial charge >= 0.3 is 0 Å². The predicted octanol–water partition coefficient (Wildman–Crippen LogP) is 3.50. The van der Waals surface area contributed by atoms with Gasteiger partial charge in [-0.05, 0) is 20.3 Å². The number of rotatable bonds is 2. The molecule has 0 saturated heterocycles. The van der Waals surface area contributed by atoms with Gasteiger partial charge in [-0.15, -0.1) is 11.3 Å². The van der Waals surface area contributed by atoms with Crippen molar-refractivity contribution in [3.8, 4) is 11.3 Å². The first-order valence-corrected chi connectivity index (χ1v) is 5.44. The van der Waals surface area contributed by atoms with Gasteiger partial charge in [-0.1, -0.05) is 30.3 Å². The van der Waals surface area contributed by atoms with Crippen molar-refractivity contribution in [3.05, 3.63) is 47.1 Å². The van der Waals surface area contributed by atoms with E-state index in [0.717, 1.165) is 17.1 Å². The van der Waals surface area contributed by atoms with Crippen molar-refractivity contribution in [2.75, 3.05) is 0 Å². The SMILES string of the molecule is [CH2]Cc1sc(C)nc1-c1ccccc1. The van der Waals surface area contributed by atoms with Crippen LogP contribution in [0.4, 0.5) is 0 Å². The summed E-state index contributed by atoms with van der Waals surface area (Å²) in [6.07, 6.45) is 0.815. The average Bonchev–Trinajstić information content (AvgIpc) is 2.61. The standard InChI is InChI=1S/C12H12NS/c1-3-11-12(13-9(2)14-11)10-7-5-4-6-8-10/h4-8H,1,3H2,2H3. The summed E-state index contributed by atoms with van der Waals surface area (Å²) in [6, 6.07) is 10.3. The van der Waals surface area contributed by atoms with Gasteiger partial charge in [-0.2, -0.15) is 0 Å². The molecule has 0 atom stereocenters. The number of nitrogens with zero attached hydrogens (tertiary/aromatic N) is 1. The van der Waals surface area contributed by atoms with Gasteiger partial charge in [0, 0.05) is 10.4 Å². The normalized spacial score (nSPS) is 10.4. The van der Waals surface area contributed by atoms with Crippen molar-refractivity contribution >= 4 is 11.3 Å². The highest BCUT2D eigenvalue weighted by molar-refractivity contribution is 7.12. The summed E-state index contributed by atoms with van der Waals surface area (Å²) < 4.78 is 0. The maximum atomic E-state index is 4.53. The van der Waals surface area contributed by atoms with Crippen LogP contribution in [-0.2, 0) is 6.42 Å². The van der Waals surface area contributed by atoms with Crippen LogP contribution in [0.15, 0.2) is 30.3 Å². The highest BCUT2D eigenvalue weighted by Gasteiger charge is 2.08. The van der Waals surface area contributed by atoms with Crippen molar-refractivity contribution in [3.63, 3.8) is 0 Å². The Labute approximate surface area is 88.4 Å². The molecule has 1 aromatic heterocycles. The molecule has 0 bridgehead atoms. The van der Waals surface area contributed by atoms with Crippen LogP contribution < -0.4 is 0 Å². The summed E-state index contributed by atoms with van der Waals surface area (Å²) in [4.78, 5) is 5.80. The third-order valence-corrected chi connectivity index (χ3v) is 3.11. The molecule has 2 aromatic rings. The van der Waals surface area contributed by atoms with Crippen molar-refractivity contribution in [1.29, 1.82) is 0 Å². The summed E-state index contributed by atoms with van der Waals surface area (Å²) in [5, 5.41) is 1.11. The molecule has 0 aliphatic rings. The molecule has 1 aromatic carbocycles. The molecule has 2 heteroatoms. The van der Waals surface area contributed by atoms with Gasteiger partial charge in [0.2, 0.25) is 0 Å². The first-order chi connectivity index (χ1) is 6.81. The molecule has 0 aliphatic carbocycles. The van der Waals surface area contributed by atoms with E-state index in [2.05, 4.69) is 24.0 Å². The fourth-order valence-electron chi connectivity index (χ4n) is 1.46. The lowest BCUT2D eigenvalue weighted by Crippen LogP contribution is -1.82. The van der Waals surface area contributed by atoms with Gasteiger partial charge in [0.15, 0.2) is 0 Å². The molecule has 14 heavy (non-hydrogen) atoms. The number of aryl methyl sites for hydroxylation is 1.